The van der Waals surface area contributed by atoms with Gasteiger partial charge in [0, 0.05) is 12.2 Å². The fraction of sp³-hybridized carbons (Fsp3) is 0.190. The molecular weight excluding hydrogens is 360 g/mol. The van der Waals surface area contributed by atoms with Gasteiger partial charge >= 0.3 is 0 Å². The van der Waals surface area contributed by atoms with E-state index in [4.69, 9.17) is 5.11 Å². The zero-order chi connectivity index (χ0) is 19.4. The summed E-state index contributed by atoms with van der Waals surface area (Å²) in [6.07, 6.45) is 1.95. The molecule has 3 rings (SSSR count). The average molecular weight is 382 g/mol. The van der Waals surface area contributed by atoms with Gasteiger partial charge in [-0.2, -0.15) is 5.10 Å². The Hall–Kier alpha value is -2.70. The molecular formula is C21H22N2O3S. The highest BCUT2D eigenvalue weighted by Crippen LogP contribution is 2.25. The molecule has 3 aromatic rings. The summed E-state index contributed by atoms with van der Waals surface area (Å²) < 4.78 is 26.3. The predicted octanol–water partition coefficient (Wildman–Crippen LogP) is 3.73. The van der Waals surface area contributed by atoms with Crippen LogP contribution < -0.4 is 0 Å². The first-order valence-electron chi connectivity index (χ1n) is 8.67. The minimum absolute atomic E-state index is 0.0597. The summed E-state index contributed by atoms with van der Waals surface area (Å²) in [4.78, 5) is 0.261. The maximum absolute atomic E-state index is 12.2. The van der Waals surface area contributed by atoms with Gasteiger partial charge in [0.2, 0.25) is 0 Å². The van der Waals surface area contributed by atoms with Gasteiger partial charge in [0.15, 0.2) is 9.84 Å². The van der Waals surface area contributed by atoms with Crippen LogP contribution >= 0.6 is 0 Å². The third-order valence-electron chi connectivity index (χ3n) is 4.33. The number of sulfone groups is 1. The van der Waals surface area contributed by atoms with E-state index in [0.29, 0.717) is 0 Å². The normalized spacial score (nSPS) is 11.5. The Bertz CT molecular complexity index is 1030. The lowest BCUT2D eigenvalue weighted by Gasteiger charge is -2.10. The van der Waals surface area contributed by atoms with E-state index in [1.54, 1.807) is 30.5 Å². The number of allylic oxidation sites excluding steroid dienone is 1. The SMILES string of the molecule is C=C(C)c1ccc(-n2nccc2-c2ccc(S(=O)(=O)CCCO)cc2)cc1. The second kappa shape index (κ2) is 7.90. The minimum Gasteiger partial charge on any atom is -0.396 e. The van der Waals surface area contributed by atoms with Crippen molar-refractivity contribution >= 4 is 15.4 Å². The van der Waals surface area contributed by atoms with Crippen molar-refractivity contribution in [1.29, 1.82) is 0 Å². The van der Waals surface area contributed by atoms with E-state index in [0.717, 1.165) is 28.1 Å². The molecule has 27 heavy (non-hydrogen) atoms. The number of hydrogen-bond acceptors (Lipinski definition) is 4. The maximum Gasteiger partial charge on any atom is 0.178 e. The predicted molar refractivity (Wildman–Crippen MR) is 107 cm³/mol. The summed E-state index contributed by atoms with van der Waals surface area (Å²) >= 11 is 0. The third-order valence-corrected chi connectivity index (χ3v) is 6.14. The standard InChI is InChI=1S/C21H22N2O3S/c1-16(2)17-4-8-19(9-5-17)23-21(12-13-22-23)18-6-10-20(11-7-18)27(25,26)15-3-14-24/h4-13,24H,1,3,14-15H2,2H3. The molecule has 0 atom stereocenters. The van der Waals surface area contributed by atoms with Crippen molar-refractivity contribution in [2.45, 2.75) is 18.2 Å². The van der Waals surface area contributed by atoms with Crippen LogP contribution in [0.1, 0.15) is 18.9 Å². The highest BCUT2D eigenvalue weighted by Gasteiger charge is 2.15. The second-order valence-electron chi connectivity index (χ2n) is 6.38. The number of aromatic nitrogens is 2. The van der Waals surface area contributed by atoms with E-state index in [2.05, 4.69) is 11.7 Å². The van der Waals surface area contributed by atoms with E-state index < -0.39 is 9.84 Å². The Morgan fingerprint density at radius 3 is 2.33 bits per heavy atom. The van der Waals surface area contributed by atoms with E-state index >= 15 is 0 Å². The van der Waals surface area contributed by atoms with Crippen LogP contribution in [0.4, 0.5) is 0 Å². The van der Waals surface area contributed by atoms with Gasteiger partial charge in [-0.3, -0.25) is 0 Å². The van der Waals surface area contributed by atoms with Gasteiger partial charge in [-0.1, -0.05) is 36.4 Å². The first-order chi connectivity index (χ1) is 12.9. The lowest BCUT2D eigenvalue weighted by molar-refractivity contribution is 0.295. The molecule has 0 bridgehead atoms. The topological polar surface area (TPSA) is 72.2 Å². The van der Waals surface area contributed by atoms with E-state index in [9.17, 15) is 8.42 Å². The smallest absolute Gasteiger partial charge is 0.178 e. The second-order valence-corrected chi connectivity index (χ2v) is 8.49. The zero-order valence-corrected chi connectivity index (χ0v) is 16.0. The van der Waals surface area contributed by atoms with E-state index in [1.165, 1.54) is 0 Å². The van der Waals surface area contributed by atoms with Crippen molar-refractivity contribution in [3.05, 3.63) is 72.9 Å². The van der Waals surface area contributed by atoms with Gasteiger partial charge in [0.1, 0.15) is 0 Å². The number of aliphatic hydroxyl groups excluding tert-OH is 1. The summed E-state index contributed by atoms with van der Waals surface area (Å²) in [6.45, 7) is 5.77. The summed E-state index contributed by atoms with van der Waals surface area (Å²) in [5, 5.41) is 13.3. The van der Waals surface area contributed by atoms with E-state index in [1.807, 2.05) is 41.9 Å². The van der Waals surface area contributed by atoms with Crippen LogP contribution in [0.2, 0.25) is 0 Å². The zero-order valence-electron chi connectivity index (χ0n) is 15.2. The van der Waals surface area contributed by atoms with Crippen molar-refractivity contribution < 1.29 is 13.5 Å². The Morgan fingerprint density at radius 2 is 1.74 bits per heavy atom. The molecule has 1 heterocycles. The van der Waals surface area contributed by atoms with Gasteiger partial charge < -0.3 is 5.11 Å². The maximum atomic E-state index is 12.2. The van der Waals surface area contributed by atoms with Crippen LogP contribution in [0, 0.1) is 0 Å². The first kappa shape index (κ1) is 19.1. The molecule has 5 nitrogen and oxygen atoms in total. The number of rotatable bonds is 7. The van der Waals surface area contributed by atoms with Crippen molar-refractivity contribution in [3.63, 3.8) is 0 Å². The lowest BCUT2D eigenvalue weighted by Crippen LogP contribution is -2.08. The van der Waals surface area contributed by atoms with Gasteiger partial charge in [-0.25, -0.2) is 13.1 Å². The molecule has 0 amide bonds. The molecule has 2 aromatic carbocycles. The molecule has 1 N–H and O–H groups in total. The van der Waals surface area contributed by atoms with Crippen molar-refractivity contribution in [1.82, 2.24) is 9.78 Å². The van der Waals surface area contributed by atoms with Gasteiger partial charge in [0.25, 0.3) is 0 Å². The first-order valence-corrected chi connectivity index (χ1v) is 10.3. The molecule has 0 aliphatic heterocycles. The molecule has 0 saturated heterocycles. The molecule has 1 aromatic heterocycles. The molecule has 140 valence electrons. The number of benzene rings is 2. The van der Waals surface area contributed by atoms with Crippen molar-refractivity contribution in [2.24, 2.45) is 0 Å². The van der Waals surface area contributed by atoms with Crippen LogP contribution in [-0.2, 0) is 9.84 Å². The molecule has 0 unspecified atom stereocenters. The Labute approximate surface area is 159 Å². The van der Waals surface area contributed by atoms with E-state index in [-0.39, 0.29) is 23.7 Å². The third kappa shape index (κ3) is 4.18. The molecule has 0 fully saturated rings. The molecule has 0 radical (unpaired) electrons. The quantitative estimate of drug-likeness (QED) is 0.676. The Kier molecular flexibility index (Phi) is 5.58. The fourth-order valence-corrected chi connectivity index (χ4v) is 4.12. The fourth-order valence-electron chi connectivity index (χ4n) is 2.82. The monoisotopic (exact) mass is 382 g/mol. The van der Waals surface area contributed by atoms with Crippen molar-refractivity contribution in [2.75, 3.05) is 12.4 Å². The average Bonchev–Trinajstić information content (AvgIpc) is 3.16. The molecule has 0 saturated carbocycles. The molecule has 0 aliphatic carbocycles. The van der Waals surface area contributed by atoms with Gasteiger partial charge in [-0.05, 0) is 49.2 Å². The van der Waals surface area contributed by atoms with Crippen LogP contribution in [0.25, 0.3) is 22.5 Å². The number of nitrogens with zero attached hydrogens (tertiary/aromatic N) is 2. The van der Waals surface area contributed by atoms with Crippen LogP contribution in [0.15, 0.2) is 72.3 Å². The number of aliphatic hydroxyl groups is 1. The summed E-state index contributed by atoms with van der Waals surface area (Å²) in [5.41, 5.74) is 4.74. The highest BCUT2D eigenvalue weighted by molar-refractivity contribution is 7.91. The van der Waals surface area contributed by atoms with Gasteiger partial charge in [0.05, 0.1) is 28.2 Å². The summed E-state index contributed by atoms with van der Waals surface area (Å²) in [5.74, 6) is -0.0597. The Morgan fingerprint density at radius 1 is 1.07 bits per heavy atom. The Balaban J connectivity index is 1.90. The lowest BCUT2D eigenvalue weighted by atomic mass is 10.1. The largest absolute Gasteiger partial charge is 0.396 e. The van der Waals surface area contributed by atoms with Crippen LogP contribution in [0.5, 0.6) is 0 Å². The van der Waals surface area contributed by atoms with Gasteiger partial charge in [-0.15, -0.1) is 0 Å². The summed E-state index contributed by atoms with van der Waals surface area (Å²) in [6, 6.07) is 16.6. The number of hydrogen-bond donors (Lipinski definition) is 1. The molecule has 0 aliphatic rings. The minimum atomic E-state index is -3.37. The molecule has 0 spiro atoms. The van der Waals surface area contributed by atoms with Crippen LogP contribution in [-0.4, -0.2) is 35.7 Å². The molecule has 6 heteroatoms. The van der Waals surface area contributed by atoms with Crippen LogP contribution in [0.3, 0.4) is 0 Å². The van der Waals surface area contributed by atoms with Crippen molar-refractivity contribution in [3.8, 4) is 16.9 Å². The highest BCUT2D eigenvalue weighted by atomic mass is 32.2. The summed E-state index contributed by atoms with van der Waals surface area (Å²) in [7, 11) is -3.37.